The average molecular weight is 244 g/mol. The van der Waals surface area contributed by atoms with Crippen LogP contribution in [0.4, 0.5) is 0 Å². The Morgan fingerprint density at radius 1 is 1.38 bits per heavy atom. The Labute approximate surface area is 105 Å². The van der Waals surface area contributed by atoms with Crippen molar-refractivity contribution in [3.63, 3.8) is 0 Å². The van der Waals surface area contributed by atoms with Crippen LogP contribution in [-0.2, 0) is 0 Å². The first-order valence-corrected chi connectivity index (χ1v) is 7.47. The molecule has 0 amide bonds. The molecule has 2 nitrogen and oxygen atoms in total. The van der Waals surface area contributed by atoms with Crippen molar-refractivity contribution in [2.24, 2.45) is 11.1 Å². The lowest BCUT2D eigenvalue weighted by Gasteiger charge is -2.44. The highest BCUT2D eigenvalue weighted by Crippen LogP contribution is 2.30. The van der Waals surface area contributed by atoms with Gasteiger partial charge < -0.3 is 5.73 Å². The lowest BCUT2D eigenvalue weighted by Crippen LogP contribution is -2.53. The Hall–Kier alpha value is 0.270. The molecule has 1 heterocycles. The predicted molar refractivity (Wildman–Crippen MR) is 75.0 cm³/mol. The molecule has 0 radical (unpaired) electrons. The van der Waals surface area contributed by atoms with Gasteiger partial charge in [0.25, 0.3) is 0 Å². The van der Waals surface area contributed by atoms with Crippen molar-refractivity contribution in [1.82, 2.24) is 4.90 Å². The van der Waals surface area contributed by atoms with Crippen molar-refractivity contribution in [3.8, 4) is 0 Å². The van der Waals surface area contributed by atoms with Crippen LogP contribution in [0.25, 0.3) is 0 Å². The van der Waals surface area contributed by atoms with Gasteiger partial charge in [0, 0.05) is 36.2 Å². The van der Waals surface area contributed by atoms with Crippen LogP contribution < -0.4 is 5.73 Å². The molecule has 3 atom stereocenters. The van der Waals surface area contributed by atoms with Gasteiger partial charge in [0.15, 0.2) is 0 Å². The summed E-state index contributed by atoms with van der Waals surface area (Å²) in [6, 6.07) is 1.22. The third-order valence-corrected chi connectivity index (χ3v) is 4.86. The second kappa shape index (κ2) is 5.74. The lowest BCUT2D eigenvalue weighted by molar-refractivity contribution is 0.115. The van der Waals surface area contributed by atoms with Gasteiger partial charge >= 0.3 is 0 Å². The highest BCUT2D eigenvalue weighted by atomic mass is 32.2. The second-order valence-electron chi connectivity index (χ2n) is 6.21. The smallest absolute Gasteiger partial charge is 0.0226 e. The van der Waals surface area contributed by atoms with Crippen molar-refractivity contribution in [3.05, 3.63) is 0 Å². The van der Waals surface area contributed by atoms with Gasteiger partial charge in [-0.25, -0.2) is 0 Å². The first kappa shape index (κ1) is 14.3. The van der Waals surface area contributed by atoms with Crippen molar-refractivity contribution in [1.29, 1.82) is 0 Å². The number of hydrogen-bond donors (Lipinski definition) is 1. The Morgan fingerprint density at radius 2 is 2.00 bits per heavy atom. The monoisotopic (exact) mass is 244 g/mol. The quantitative estimate of drug-likeness (QED) is 0.827. The van der Waals surface area contributed by atoms with E-state index in [-0.39, 0.29) is 0 Å². The van der Waals surface area contributed by atoms with E-state index in [1.54, 1.807) is 0 Å². The van der Waals surface area contributed by atoms with Crippen LogP contribution in [0.15, 0.2) is 0 Å². The molecule has 0 saturated carbocycles. The fourth-order valence-corrected chi connectivity index (χ4v) is 3.64. The Kier molecular flexibility index (Phi) is 5.14. The highest BCUT2D eigenvalue weighted by Gasteiger charge is 2.31. The molecule has 1 saturated heterocycles. The number of hydrogen-bond acceptors (Lipinski definition) is 3. The van der Waals surface area contributed by atoms with E-state index in [1.807, 2.05) is 0 Å². The van der Waals surface area contributed by atoms with E-state index in [0.717, 1.165) is 11.8 Å². The minimum absolute atomic E-state index is 0.373. The van der Waals surface area contributed by atoms with Crippen molar-refractivity contribution in [2.75, 3.05) is 18.8 Å². The van der Waals surface area contributed by atoms with Crippen molar-refractivity contribution in [2.45, 2.75) is 58.4 Å². The van der Waals surface area contributed by atoms with Gasteiger partial charge in [-0.1, -0.05) is 27.7 Å². The zero-order chi connectivity index (χ0) is 12.3. The van der Waals surface area contributed by atoms with E-state index >= 15 is 0 Å². The fourth-order valence-electron chi connectivity index (χ4n) is 2.51. The molecular weight excluding hydrogens is 216 g/mol. The van der Waals surface area contributed by atoms with Crippen LogP contribution in [0, 0.1) is 5.41 Å². The van der Waals surface area contributed by atoms with Gasteiger partial charge in [-0.3, -0.25) is 4.90 Å². The van der Waals surface area contributed by atoms with Crippen LogP contribution in [0.3, 0.4) is 0 Å². The number of nitrogens with two attached hydrogens (primary N) is 1. The molecule has 3 heteroatoms. The molecule has 16 heavy (non-hydrogen) atoms. The van der Waals surface area contributed by atoms with Gasteiger partial charge in [-0.2, -0.15) is 11.8 Å². The van der Waals surface area contributed by atoms with Gasteiger partial charge in [-0.05, 0) is 18.8 Å². The number of rotatable bonds is 3. The zero-order valence-electron chi connectivity index (χ0n) is 11.5. The van der Waals surface area contributed by atoms with Crippen LogP contribution >= 0.6 is 11.8 Å². The van der Waals surface area contributed by atoms with E-state index in [2.05, 4.69) is 51.3 Å². The van der Waals surface area contributed by atoms with Crippen molar-refractivity contribution < 1.29 is 0 Å². The summed E-state index contributed by atoms with van der Waals surface area (Å²) in [6.07, 6.45) is 1.20. The van der Waals surface area contributed by atoms with Gasteiger partial charge in [-0.15, -0.1) is 0 Å². The van der Waals surface area contributed by atoms with Crippen LogP contribution in [0.1, 0.15) is 41.0 Å². The van der Waals surface area contributed by atoms with E-state index in [4.69, 9.17) is 5.73 Å². The summed E-state index contributed by atoms with van der Waals surface area (Å²) in [6.45, 7) is 13.6. The molecule has 0 aromatic heterocycles. The van der Waals surface area contributed by atoms with E-state index in [0.29, 0.717) is 17.5 Å². The summed E-state index contributed by atoms with van der Waals surface area (Å²) in [4.78, 5) is 2.63. The summed E-state index contributed by atoms with van der Waals surface area (Å²) in [5.74, 6) is 1.26. The zero-order valence-corrected chi connectivity index (χ0v) is 12.3. The Morgan fingerprint density at radius 3 is 2.50 bits per heavy atom. The first-order chi connectivity index (χ1) is 7.35. The fraction of sp³-hybridized carbons (Fsp3) is 1.00. The third kappa shape index (κ3) is 3.94. The molecule has 1 rings (SSSR count). The first-order valence-electron chi connectivity index (χ1n) is 6.42. The molecule has 0 aromatic carbocycles. The third-order valence-electron chi connectivity index (χ3n) is 3.52. The Balaban J connectivity index is 2.64. The largest absolute Gasteiger partial charge is 0.329 e. The van der Waals surface area contributed by atoms with E-state index in [1.165, 1.54) is 18.7 Å². The summed E-state index contributed by atoms with van der Waals surface area (Å²) < 4.78 is 0. The maximum Gasteiger partial charge on any atom is 0.0226 e. The van der Waals surface area contributed by atoms with Crippen LogP contribution in [0.2, 0.25) is 0 Å². The van der Waals surface area contributed by atoms with Crippen molar-refractivity contribution >= 4 is 11.8 Å². The normalized spacial score (nSPS) is 30.4. The summed E-state index contributed by atoms with van der Waals surface area (Å²) in [5.41, 5.74) is 6.34. The highest BCUT2D eigenvalue weighted by molar-refractivity contribution is 8.00. The van der Waals surface area contributed by atoms with E-state index in [9.17, 15) is 0 Å². The van der Waals surface area contributed by atoms with Gasteiger partial charge in [0.05, 0.1) is 0 Å². The summed E-state index contributed by atoms with van der Waals surface area (Å²) in [7, 11) is 0. The molecule has 0 spiro atoms. The number of thioether (sulfide) groups is 1. The SMILES string of the molecule is CC1SCCN(C(CN)CC(C)(C)C)C1C. The minimum Gasteiger partial charge on any atom is -0.329 e. The molecule has 1 aliphatic rings. The molecule has 0 bridgehead atoms. The van der Waals surface area contributed by atoms with Gasteiger partial charge in [0.2, 0.25) is 0 Å². The summed E-state index contributed by atoms with van der Waals surface area (Å²) in [5, 5.41) is 0.739. The maximum absolute atomic E-state index is 5.97. The average Bonchev–Trinajstić information content (AvgIpc) is 2.18. The predicted octanol–water partition coefficient (Wildman–Crippen LogP) is 2.58. The maximum atomic E-state index is 5.97. The summed E-state index contributed by atoms with van der Waals surface area (Å²) >= 11 is 2.09. The molecule has 96 valence electrons. The molecule has 3 unspecified atom stereocenters. The lowest BCUT2D eigenvalue weighted by atomic mass is 9.87. The standard InChI is InChI=1S/C13H28N2S/c1-10-11(2)16-7-6-15(10)12(9-14)8-13(3,4)5/h10-12H,6-9,14H2,1-5H3. The van der Waals surface area contributed by atoms with Crippen LogP contribution in [0.5, 0.6) is 0 Å². The Bertz CT molecular complexity index is 212. The van der Waals surface area contributed by atoms with Gasteiger partial charge in [0.1, 0.15) is 0 Å². The minimum atomic E-state index is 0.373. The van der Waals surface area contributed by atoms with E-state index < -0.39 is 0 Å². The van der Waals surface area contributed by atoms with Crippen LogP contribution in [-0.4, -0.2) is 41.1 Å². The molecule has 2 N–H and O–H groups in total. The molecule has 0 aliphatic carbocycles. The molecule has 0 aromatic rings. The molecule has 1 aliphatic heterocycles. The topological polar surface area (TPSA) is 29.3 Å². The molecular formula is C13H28N2S. The second-order valence-corrected chi connectivity index (χ2v) is 7.69. The molecule has 1 fully saturated rings. The number of nitrogens with zero attached hydrogens (tertiary/aromatic N) is 1.